The molecule has 72 valence electrons. The maximum atomic E-state index is 5.15. The molecule has 0 spiro atoms. The molecule has 0 saturated carbocycles. The third kappa shape index (κ3) is 2.69. The van der Waals surface area contributed by atoms with E-state index in [1.165, 1.54) is 0 Å². The zero-order valence-corrected chi connectivity index (χ0v) is 9.00. The van der Waals surface area contributed by atoms with Crippen molar-refractivity contribution in [3.8, 4) is 5.75 Å². The first-order chi connectivity index (χ1) is 6.29. The van der Waals surface area contributed by atoms with Crippen LogP contribution in [0.2, 0.25) is 0 Å². The highest BCUT2D eigenvalue weighted by atomic mass is 79.9. The number of rotatable bonds is 4. The van der Waals surface area contributed by atoms with Gasteiger partial charge in [0, 0.05) is 0 Å². The van der Waals surface area contributed by atoms with Gasteiger partial charge in [0.05, 0.1) is 18.2 Å². The molecule has 0 radical (unpaired) electrons. The molecule has 13 heavy (non-hydrogen) atoms. The highest BCUT2D eigenvalue weighted by Crippen LogP contribution is 2.28. The Kier molecular flexibility index (Phi) is 4.21. The van der Waals surface area contributed by atoms with Gasteiger partial charge in [-0.15, -0.1) is 0 Å². The topological polar surface area (TPSA) is 44.5 Å². The number of ether oxygens (including phenoxy) is 1. The van der Waals surface area contributed by atoms with Crippen LogP contribution in [0.4, 0.5) is 0 Å². The van der Waals surface area contributed by atoms with Gasteiger partial charge in [-0.3, -0.25) is 0 Å². The van der Waals surface area contributed by atoms with Gasteiger partial charge in [-0.2, -0.15) is 0 Å². The Balaban J connectivity index is 2.81. The van der Waals surface area contributed by atoms with E-state index in [1.807, 2.05) is 18.2 Å². The fourth-order valence-electron chi connectivity index (χ4n) is 1.08. The first-order valence-electron chi connectivity index (χ1n) is 3.92. The summed E-state index contributed by atoms with van der Waals surface area (Å²) in [4.78, 5) is 4.51. The minimum absolute atomic E-state index is 0.506. The average Bonchev–Trinajstić information content (AvgIpc) is 2.16. The summed E-state index contributed by atoms with van der Waals surface area (Å²) in [5.74, 6) is 5.78. The summed E-state index contributed by atoms with van der Waals surface area (Å²) in [6.45, 7) is 0.506. The Labute approximate surface area is 85.9 Å². The van der Waals surface area contributed by atoms with Crippen LogP contribution >= 0.6 is 15.9 Å². The van der Waals surface area contributed by atoms with Gasteiger partial charge in [-0.25, -0.2) is 5.90 Å². The molecule has 0 aromatic heterocycles. The second-order valence-corrected chi connectivity index (χ2v) is 3.35. The molecule has 0 aliphatic rings. The Morgan fingerprint density at radius 3 is 2.85 bits per heavy atom. The molecule has 0 atom stereocenters. The molecule has 0 unspecified atom stereocenters. The van der Waals surface area contributed by atoms with Gasteiger partial charge in [-0.1, -0.05) is 12.1 Å². The second kappa shape index (κ2) is 5.21. The molecule has 3 nitrogen and oxygen atoms in total. The SMILES string of the molecule is COc1cccc(CCON)c1Br. The third-order valence-electron chi connectivity index (χ3n) is 1.75. The van der Waals surface area contributed by atoms with Crippen molar-refractivity contribution in [3.63, 3.8) is 0 Å². The predicted molar refractivity (Wildman–Crippen MR) is 54.5 cm³/mol. The second-order valence-electron chi connectivity index (χ2n) is 2.55. The van der Waals surface area contributed by atoms with Crippen molar-refractivity contribution in [2.45, 2.75) is 6.42 Å². The fraction of sp³-hybridized carbons (Fsp3) is 0.333. The number of hydrogen-bond acceptors (Lipinski definition) is 3. The molecule has 1 aromatic rings. The molecule has 1 aromatic carbocycles. The molecule has 0 amide bonds. The van der Waals surface area contributed by atoms with Crippen LogP contribution in [0.1, 0.15) is 5.56 Å². The zero-order valence-electron chi connectivity index (χ0n) is 7.42. The summed E-state index contributed by atoms with van der Waals surface area (Å²) in [5.41, 5.74) is 1.13. The van der Waals surface area contributed by atoms with Crippen LogP contribution in [-0.2, 0) is 11.3 Å². The van der Waals surface area contributed by atoms with Crippen LogP contribution in [0.5, 0.6) is 5.75 Å². The molecule has 0 fully saturated rings. The van der Waals surface area contributed by atoms with Crippen molar-refractivity contribution in [2.75, 3.05) is 13.7 Å². The van der Waals surface area contributed by atoms with Crippen LogP contribution < -0.4 is 10.6 Å². The minimum atomic E-state index is 0.506. The van der Waals surface area contributed by atoms with E-state index in [0.717, 1.165) is 22.2 Å². The van der Waals surface area contributed by atoms with Crippen molar-refractivity contribution >= 4 is 15.9 Å². The minimum Gasteiger partial charge on any atom is -0.496 e. The number of benzene rings is 1. The molecule has 0 saturated heterocycles. The van der Waals surface area contributed by atoms with Crippen molar-refractivity contribution in [3.05, 3.63) is 28.2 Å². The lowest BCUT2D eigenvalue weighted by atomic mass is 10.1. The summed E-state index contributed by atoms with van der Waals surface area (Å²) < 4.78 is 6.11. The fourth-order valence-corrected chi connectivity index (χ4v) is 1.70. The van der Waals surface area contributed by atoms with Gasteiger partial charge in [0.1, 0.15) is 5.75 Å². The Morgan fingerprint density at radius 2 is 2.23 bits per heavy atom. The molecule has 0 aliphatic heterocycles. The standard InChI is InChI=1S/C9H12BrNO2/c1-12-8-4-2-3-7(9(8)10)5-6-13-11/h2-4H,5-6,11H2,1H3. The number of hydrogen-bond donors (Lipinski definition) is 1. The molecule has 4 heteroatoms. The molecule has 0 heterocycles. The summed E-state index contributed by atoms with van der Waals surface area (Å²) >= 11 is 3.45. The maximum Gasteiger partial charge on any atom is 0.133 e. The van der Waals surface area contributed by atoms with Gasteiger partial charge in [-0.05, 0) is 34.0 Å². The smallest absolute Gasteiger partial charge is 0.133 e. The van der Waals surface area contributed by atoms with Crippen LogP contribution in [0.3, 0.4) is 0 Å². The molecular weight excluding hydrogens is 234 g/mol. The van der Waals surface area contributed by atoms with E-state index in [4.69, 9.17) is 10.6 Å². The molecule has 2 N–H and O–H groups in total. The van der Waals surface area contributed by atoms with Crippen molar-refractivity contribution in [2.24, 2.45) is 5.90 Å². The Hall–Kier alpha value is -0.580. The Bertz CT molecular complexity index is 278. The number of halogens is 1. The van der Waals surface area contributed by atoms with Crippen LogP contribution in [0.15, 0.2) is 22.7 Å². The average molecular weight is 246 g/mol. The van der Waals surface area contributed by atoms with Gasteiger partial charge in [0.25, 0.3) is 0 Å². The first-order valence-corrected chi connectivity index (χ1v) is 4.72. The van der Waals surface area contributed by atoms with Crippen LogP contribution in [0, 0.1) is 0 Å². The van der Waals surface area contributed by atoms with E-state index in [9.17, 15) is 0 Å². The van der Waals surface area contributed by atoms with Crippen molar-refractivity contribution < 1.29 is 9.57 Å². The Morgan fingerprint density at radius 1 is 1.46 bits per heavy atom. The molecule has 0 aliphatic carbocycles. The quantitative estimate of drug-likeness (QED) is 0.825. The van der Waals surface area contributed by atoms with Gasteiger partial charge < -0.3 is 9.57 Å². The normalized spacial score (nSPS) is 10.1. The number of nitrogens with two attached hydrogens (primary N) is 1. The van der Waals surface area contributed by atoms with Gasteiger partial charge in [0.2, 0.25) is 0 Å². The summed E-state index contributed by atoms with van der Waals surface area (Å²) in [6, 6.07) is 5.85. The summed E-state index contributed by atoms with van der Waals surface area (Å²) in [6.07, 6.45) is 0.772. The molecule has 1 rings (SSSR count). The lowest BCUT2D eigenvalue weighted by Gasteiger charge is -2.07. The van der Waals surface area contributed by atoms with Crippen molar-refractivity contribution in [1.29, 1.82) is 0 Å². The maximum absolute atomic E-state index is 5.15. The molecular formula is C9H12BrNO2. The number of methoxy groups -OCH3 is 1. The lowest BCUT2D eigenvalue weighted by Crippen LogP contribution is -2.04. The van der Waals surface area contributed by atoms with Gasteiger partial charge in [0.15, 0.2) is 0 Å². The van der Waals surface area contributed by atoms with E-state index in [0.29, 0.717) is 6.61 Å². The molecule has 0 bridgehead atoms. The predicted octanol–water partition coefficient (Wildman–Crippen LogP) is 1.89. The highest BCUT2D eigenvalue weighted by Gasteiger charge is 2.04. The lowest BCUT2D eigenvalue weighted by molar-refractivity contribution is 0.141. The largest absolute Gasteiger partial charge is 0.496 e. The van der Waals surface area contributed by atoms with E-state index in [1.54, 1.807) is 7.11 Å². The summed E-state index contributed by atoms with van der Waals surface area (Å²) in [5, 5.41) is 0. The van der Waals surface area contributed by atoms with Crippen molar-refractivity contribution in [1.82, 2.24) is 0 Å². The van der Waals surface area contributed by atoms with E-state index < -0.39 is 0 Å². The highest BCUT2D eigenvalue weighted by molar-refractivity contribution is 9.10. The third-order valence-corrected chi connectivity index (χ3v) is 2.65. The van der Waals surface area contributed by atoms with Crippen LogP contribution in [0.25, 0.3) is 0 Å². The van der Waals surface area contributed by atoms with Crippen LogP contribution in [-0.4, -0.2) is 13.7 Å². The van der Waals surface area contributed by atoms with Gasteiger partial charge >= 0.3 is 0 Å². The van der Waals surface area contributed by atoms with E-state index in [2.05, 4.69) is 20.8 Å². The van der Waals surface area contributed by atoms with E-state index >= 15 is 0 Å². The monoisotopic (exact) mass is 245 g/mol. The van der Waals surface area contributed by atoms with E-state index in [-0.39, 0.29) is 0 Å². The zero-order chi connectivity index (χ0) is 9.68. The summed E-state index contributed by atoms with van der Waals surface area (Å²) in [7, 11) is 1.64. The first kappa shape index (κ1) is 10.5.